The molecule has 0 aliphatic rings. The third kappa shape index (κ3) is 4.57. The van der Waals surface area contributed by atoms with Crippen LogP contribution in [-0.2, 0) is 0 Å². The minimum absolute atomic E-state index is 0.100. The Morgan fingerprint density at radius 3 is 2.39 bits per heavy atom. The molecule has 1 N–H and O–H groups in total. The Balaban J connectivity index is 1.85. The summed E-state index contributed by atoms with van der Waals surface area (Å²) >= 11 is 9.91. The van der Waals surface area contributed by atoms with E-state index in [1.807, 2.05) is 57.2 Å². The maximum absolute atomic E-state index is 13.0. The van der Waals surface area contributed by atoms with E-state index in [-0.39, 0.29) is 5.78 Å². The van der Waals surface area contributed by atoms with Crippen LogP contribution < -0.4 is 10.1 Å². The molecule has 0 saturated carbocycles. The van der Waals surface area contributed by atoms with Crippen LogP contribution in [0.15, 0.2) is 59.1 Å². The maximum Gasteiger partial charge on any atom is 0.194 e. The van der Waals surface area contributed by atoms with Crippen LogP contribution in [0.3, 0.4) is 0 Å². The molecule has 0 fully saturated rings. The van der Waals surface area contributed by atoms with E-state index >= 15 is 0 Å². The monoisotopic (exact) mass is 457 g/mol. The molecule has 28 heavy (non-hydrogen) atoms. The zero-order valence-electron chi connectivity index (χ0n) is 16.0. The number of carbonyl (C=O) groups excluding carboxylic acids is 1. The van der Waals surface area contributed by atoms with Gasteiger partial charge >= 0.3 is 0 Å². The average Bonchev–Trinajstić information content (AvgIpc) is 2.64. The van der Waals surface area contributed by atoms with Crippen LogP contribution in [0.1, 0.15) is 34.0 Å². The first-order valence-electron chi connectivity index (χ1n) is 9.00. The second kappa shape index (κ2) is 8.80. The van der Waals surface area contributed by atoms with Crippen molar-refractivity contribution in [3.8, 4) is 5.75 Å². The number of benzene rings is 3. The predicted octanol–water partition coefficient (Wildman–Crippen LogP) is 7.09. The summed E-state index contributed by atoms with van der Waals surface area (Å²) in [6.07, 6.45) is 0. The zero-order valence-corrected chi connectivity index (χ0v) is 18.3. The van der Waals surface area contributed by atoms with Gasteiger partial charge in [-0.3, -0.25) is 4.79 Å². The molecule has 0 bridgehead atoms. The molecule has 0 aromatic heterocycles. The molecule has 144 valence electrons. The van der Waals surface area contributed by atoms with E-state index in [9.17, 15) is 4.79 Å². The number of hydrogen-bond acceptors (Lipinski definition) is 3. The molecule has 0 aliphatic carbocycles. The Labute approximate surface area is 178 Å². The maximum atomic E-state index is 13.0. The quantitative estimate of drug-likeness (QED) is 0.401. The van der Waals surface area contributed by atoms with E-state index in [2.05, 4.69) is 21.2 Å². The lowest BCUT2D eigenvalue weighted by atomic mass is 9.98. The molecule has 5 heteroatoms. The van der Waals surface area contributed by atoms with Gasteiger partial charge < -0.3 is 10.1 Å². The Kier molecular flexibility index (Phi) is 6.42. The molecular formula is C23H21BrClNO2. The molecule has 0 spiro atoms. The van der Waals surface area contributed by atoms with Crippen molar-refractivity contribution in [3.05, 3.63) is 86.3 Å². The van der Waals surface area contributed by atoms with E-state index in [1.165, 1.54) is 0 Å². The minimum atomic E-state index is -0.100. The molecule has 0 atom stereocenters. The molecule has 0 aliphatic heterocycles. The van der Waals surface area contributed by atoms with Crippen LogP contribution in [0.4, 0.5) is 11.4 Å². The van der Waals surface area contributed by atoms with Gasteiger partial charge in [0.2, 0.25) is 0 Å². The lowest BCUT2D eigenvalue weighted by Crippen LogP contribution is -2.05. The number of rotatable bonds is 6. The fraction of sp³-hybridized carbons (Fsp3) is 0.174. The summed E-state index contributed by atoms with van der Waals surface area (Å²) in [4.78, 5) is 13.0. The van der Waals surface area contributed by atoms with Crippen LogP contribution in [0.5, 0.6) is 5.75 Å². The van der Waals surface area contributed by atoms with Gasteiger partial charge in [0, 0.05) is 27.0 Å². The van der Waals surface area contributed by atoms with E-state index in [4.69, 9.17) is 16.3 Å². The number of carbonyl (C=O) groups is 1. The first kappa shape index (κ1) is 20.4. The summed E-state index contributed by atoms with van der Waals surface area (Å²) in [5, 5.41) is 3.76. The Bertz CT molecular complexity index is 1030. The van der Waals surface area contributed by atoms with Crippen molar-refractivity contribution >= 4 is 44.7 Å². The van der Waals surface area contributed by atoms with Crippen LogP contribution in [0.25, 0.3) is 0 Å². The Morgan fingerprint density at radius 1 is 1.00 bits per heavy atom. The van der Waals surface area contributed by atoms with Crippen molar-refractivity contribution in [2.75, 3.05) is 11.9 Å². The van der Waals surface area contributed by atoms with Gasteiger partial charge in [-0.1, -0.05) is 27.5 Å². The molecule has 3 nitrogen and oxygen atoms in total. The highest BCUT2D eigenvalue weighted by Gasteiger charge is 2.16. The van der Waals surface area contributed by atoms with E-state index in [0.717, 1.165) is 32.7 Å². The summed E-state index contributed by atoms with van der Waals surface area (Å²) in [5.41, 5.74) is 4.88. The second-order valence-electron chi connectivity index (χ2n) is 6.52. The summed E-state index contributed by atoms with van der Waals surface area (Å²) in [5.74, 6) is 0.656. The van der Waals surface area contributed by atoms with Gasteiger partial charge in [-0.05, 0) is 86.5 Å². The molecular weight excluding hydrogens is 438 g/mol. The summed E-state index contributed by atoms with van der Waals surface area (Å²) in [7, 11) is 0. The van der Waals surface area contributed by atoms with Crippen molar-refractivity contribution in [3.63, 3.8) is 0 Å². The number of nitrogens with one attached hydrogen (secondary N) is 1. The van der Waals surface area contributed by atoms with Crippen LogP contribution in [0.2, 0.25) is 5.02 Å². The number of aryl methyl sites for hydroxylation is 2. The van der Waals surface area contributed by atoms with Crippen molar-refractivity contribution < 1.29 is 9.53 Å². The number of hydrogen-bond donors (Lipinski definition) is 1. The van der Waals surface area contributed by atoms with Gasteiger partial charge in [-0.15, -0.1) is 0 Å². The highest BCUT2D eigenvalue weighted by Crippen LogP contribution is 2.29. The highest BCUT2D eigenvalue weighted by atomic mass is 79.9. The molecule has 0 saturated heterocycles. The standard InChI is InChI=1S/C23H21BrClNO2/c1-4-28-18-7-9-19(14(2)12-18)23(27)20-8-6-17(13-21(20)25)26-22-10-5-16(24)11-15(22)3/h5-13,26H,4H2,1-3H3. The van der Waals surface area contributed by atoms with Crippen molar-refractivity contribution in [2.45, 2.75) is 20.8 Å². The van der Waals surface area contributed by atoms with Crippen LogP contribution in [-0.4, -0.2) is 12.4 Å². The molecule has 0 radical (unpaired) electrons. The van der Waals surface area contributed by atoms with Crippen LogP contribution in [0, 0.1) is 13.8 Å². The molecule has 0 amide bonds. The topological polar surface area (TPSA) is 38.3 Å². The second-order valence-corrected chi connectivity index (χ2v) is 7.84. The zero-order chi connectivity index (χ0) is 20.3. The van der Waals surface area contributed by atoms with Gasteiger partial charge in [-0.25, -0.2) is 0 Å². The predicted molar refractivity (Wildman–Crippen MR) is 119 cm³/mol. The van der Waals surface area contributed by atoms with E-state index < -0.39 is 0 Å². The molecule has 0 unspecified atom stereocenters. The van der Waals surface area contributed by atoms with E-state index in [1.54, 1.807) is 18.2 Å². The number of ether oxygens (including phenoxy) is 1. The van der Waals surface area contributed by atoms with Gasteiger partial charge in [0.05, 0.1) is 11.6 Å². The number of ketones is 1. The lowest BCUT2D eigenvalue weighted by Gasteiger charge is -2.13. The average molecular weight is 459 g/mol. The SMILES string of the molecule is CCOc1ccc(C(=O)c2ccc(Nc3ccc(Br)cc3C)cc2Cl)c(C)c1. The molecule has 3 aromatic carbocycles. The Hall–Kier alpha value is -2.30. The minimum Gasteiger partial charge on any atom is -0.494 e. The normalized spacial score (nSPS) is 10.6. The first-order valence-corrected chi connectivity index (χ1v) is 10.2. The summed E-state index contributed by atoms with van der Waals surface area (Å²) in [6.45, 7) is 6.45. The molecule has 3 rings (SSSR count). The molecule has 0 heterocycles. The summed E-state index contributed by atoms with van der Waals surface area (Å²) in [6, 6.07) is 16.9. The Morgan fingerprint density at radius 2 is 1.75 bits per heavy atom. The van der Waals surface area contributed by atoms with Gasteiger partial charge in [0.25, 0.3) is 0 Å². The largest absolute Gasteiger partial charge is 0.494 e. The molecule has 3 aromatic rings. The van der Waals surface area contributed by atoms with E-state index in [0.29, 0.717) is 22.8 Å². The fourth-order valence-electron chi connectivity index (χ4n) is 2.99. The third-order valence-corrected chi connectivity index (χ3v) is 5.24. The van der Waals surface area contributed by atoms with Crippen molar-refractivity contribution in [1.82, 2.24) is 0 Å². The highest BCUT2D eigenvalue weighted by molar-refractivity contribution is 9.10. The van der Waals surface area contributed by atoms with Crippen molar-refractivity contribution in [2.24, 2.45) is 0 Å². The van der Waals surface area contributed by atoms with Gasteiger partial charge in [0.15, 0.2) is 5.78 Å². The fourth-order valence-corrected chi connectivity index (χ4v) is 3.73. The number of halogens is 2. The lowest BCUT2D eigenvalue weighted by molar-refractivity contribution is 0.103. The first-order chi connectivity index (χ1) is 13.4. The smallest absolute Gasteiger partial charge is 0.194 e. The van der Waals surface area contributed by atoms with Crippen molar-refractivity contribution in [1.29, 1.82) is 0 Å². The summed E-state index contributed by atoms with van der Waals surface area (Å²) < 4.78 is 6.52. The van der Waals surface area contributed by atoms with Crippen LogP contribution >= 0.6 is 27.5 Å². The number of anilines is 2. The van der Waals surface area contributed by atoms with Gasteiger partial charge in [0.1, 0.15) is 5.75 Å². The third-order valence-electron chi connectivity index (χ3n) is 4.43. The van der Waals surface area contributed by atoms with Gasteiger partial charge in [-0.2, -0.15) is 0 Å².